The molecule has 1 aromatic rings. The molecule has 0 fully saturated rings. The van der Waals surface area contributed by atoms with Gasteiger partial charge in [-0.1, -0.05) is 0 Å². The Hall–Kier alpha value is -2.02. The second kappa shape index (κ2) is 4.58. The van der Waals surface area contributed by atoms with Crippen LogP contribution >= 0.6 is 0 Å². The van der Waals surface area contributed by atoms with E-state index in [0.717, 1.165) is 0 Å². The summed E-state index contributed by atoms with van der Waals surface area (Å²) in [5.74, 6) is -3.65. The number of alkyl halides is 3. The van der Waals surface area contributed by atoms with Gasteiger partial charge in [0, 0.05) is 0 Å². The zero-order chi connectivity index (χ0) is 15.0. The summed E-state index contributed by atoms with van der Waals surface area (Å²) in [5.41, 5.74) is -1.41. The minimum absolute atomic E-state index is 0.0895. The molecule has 8 nitrogen and oxygen atoms in total. The summed E-state index contributed by atoms with van der Waals surface area (Å²) in [6.45, 7) is 0. The topological polar surface area (TPSA) is 125 Å². The highest BCUT2D eigenvalue weighted by atomic mass is 32.2. The maximum absolute atomic E-state index is 13.1. The van der Waals surface area contributed by atoms with Crippen molar-refractivity contribution in [3.63, 3.8) is 0 Å². The first-order chi connectivity index (χ1) is 8.42. The summed E-state index contributed by atoms with van der Waals surface area (Å²) >= 11 is 0. The average molecular weight is 305 g/mol. The Morgan fingerprint density at radius 1 is 1.42 bits per heavy atom. The fraction of sp³-hybridized carbons (Fsp3) is 0.167. The molecule has 0 aliphatic rings. The van der Waals surface area contributed by atoms with Gasteiger partial charge in [-0.15, -0.1) is 13.2 Å². The minimum atomic E-state index is -5.36. The van der Waals surface area contributed by atoms with Crippen molar-refractivity contribution >= 4 is 15.7 Å². The predicted molar refractivity (Wildman–Crippen MR) is 48.9 cm³/mol. The maximum Gasteiger partial charge on any atom is 0.574 e. The first kappa shape index (κ1) is 15.0. The average Bonchev–Trinajstić information content (AvgIpc) is 2.16. The third-order valence-corrected chi connectivity index (χ3v) is 2.41. The van der Waals surface area contributed by atoms with Crippen molar-refractivity contribution in [3.05, 3.63) is 22.0 Å². The number of hydrogen-bond donors (Lipinski definition) is 1. The lowest BCUT2D eigenvalue weighted by atomic mass is 10.4. The summed E-state index contributed by atoms with van der Waals surface area (Å²) in [5, 5.41) is 13.4. The standard InChI is InChI=1S/C6H3F4N3O5S/c7-2-1-3(13(14)15)5(19(11,16)17)12-4(2)18-6(8,9)10/h1H,(H2,11,16,17). The number of halogens is 4. The molecule has 1 heterocycles. The summed E-state index contributed by atoms with van der Waals surface area (Å²) < 4.78 is 73.6. The van der Waals surface area contributed by atoms with Crippen LogP contribution < -0.4 is 9.88 Å². The second-order valence-corrected chi connectivity index (χ2v) is 4.43. The van der Waals surface area contributed by atoms with Gasteiger partial charge in [0.25, 0.3) is 20.9 Å². The van der Waals surface area contributed by atoms with Crippen molar-refractivity contribution in [1.29, 1.82) is 0 Å². The van der Waals surface area contributed by atoms with Gasteiger partial charge in [0.1, 0.15) is 0 Å². The number of aromatic nitrogens is 1. The number of nitrogens with two attached hydrogens (primary N) is 1. The third kappa shape index (κ3) is 3.72. The number of hydrogen-bond acceptors (Lipinski definition) is 6. The summed E-state index contributed by atoms with van der Waals surface area (Å²) in [7, 11) is -4.84. The Balaban J connectivity index is 3.52. The van der Waals surface area contributed by atoms with Gasteiger partial charge in [0.15, 0.2) is 5.82 Å². The maximum atomic E-state index is 13.1. The van der Waals surface area contributed by atoms with Crippen LogP contribution in [-0.2, 0) is 10.0 Å². The molecule has 0 bridgehead atoms. The van der Waals surface area contributed by atoms with E-state index in [1.54, 1.807) is 0 Å². The first-order valence-corrected chi connectivity index (χ1v) is 5.60. The van der Waals surface area contributed by atoms with Crippen LogP contribution in [0.15, 0.2) is 11.1 Å². The van der Waals surface area contributed by atoms with E-state index in [1.807, 2.05) is 0 Å². The molecule has 1 aromatic heterocycles. The van der Waals surface area contributed by atoms with Crippen LogP contribution in [0, 0.1) is 15.9 Å². The van der Waals surface area contributed by atoms with Gasteiger partial charge in [-0.3, -0.25) is 10.1 Å². The zero-order valence-corrected chi connectivity index (χ0v) is 9.33. The molecule has 0 saturated heterocycles. The van der Waals surface area contributed by atoms with Crippen molar-refractivity contribution < 1.29 is 35.6 Å². The molecule has 0 aromatic carbocycles. The molecule has 0 atom stereocenters. The molecule has 2 N–H and O–H groups in total. The van der Waals surface area contributed by atoms with E-state index < -0.39 is 43.7 Å². The van der Waals surface area contributed by atoms with E-state index in [0.29, 0.717) is 0 Å². The van der Waals surface area contributed by atoms with Crippen LogP contribution in [-0.4, -0.2) is 24.7 Å². The van der Waals surface area contributed by atoms with Gasteiger partial charge in [-0.25, -0.2) is 17.9 Å². The number of nitro groups is 1. The molecule has 0 unspecified atom stereocenters. The molecule has 0 radical (unpaired) electrons. The minimum Gasteiger partial charge on any atom is -0.385 e. The SMILES string of the molecule is NS(=O)(=O)c1nc(OC(F)(F)F)c(F)cc1[N+](=O)[O-]. The van der Waals surface area contributed by atoms with Gasteiger partial charge in [0.2, 0.25) is 0 Å². The predicted octanol–water partition coefficient (Wildman–Crippen LogP) is 0.675. The van der Waals surface area contributed by atoms with Gasteiger partial charge in [-0.05, 0) is 0 Å². The van der Waals surface area contributed by atoms with E-state index in [9.17, 15) is 36.1 Å². The fourth-order valence-corrected chi connectivity index (χ4v) is 1.60. The molecule has 0 aliphatic carbocycles. The van der Waals surface area contributed by atoms with Crippen LogP contribution in [0.5, 0.6) is 5.88 Å². The fourth-order valence-electron chi connectivity index (χ4n) is 0.968. The molecule has 13 heteroatoms. The number of sulfonamides is 1. The zero-order valence-electron chi connectivity index (χ0n) is 8.51. The number of pyridine rings is 1. The Morgan fingerprint density at radius 2 is 1.95 bits per heavy atom. The highest BCUT2D eigenvalue weighted by Gasteiger charge is 2.36. The molecular weight excluding hydrogens is 302 g/mol. The summed E-state index contributed by atoms with van der Waals surface area (Å²) in [6.07, 6.45) is -5.36. The van der Waals surface area contributed by atoms with E-state index in [2.05, 4.69) is 14.9 Å². The first-order valence-electron chi connectivity index (χ1n) is 4.05. The molecule has 0 spiro atoms. The van der Waals surface area contributed by atoms with Gasteiger partial charge >= 0.3 is 12.0 Å². The van der Waals surface area contributed by atoms with Crippen LogP contribution in [0.4, 0.5) is 23.2 Å². The van der Waals surface area contributed by atoms with Gasteiger partial charge < -0.3 is 4.74 Å². The van der Waals surface area contributed by atoms with Crippen LogP contribution in [0.25, 0.3) is 0 Å². The molecule has 1 rings (SSSR count). The van der Waals surface area contributed by atoms with E-state index >= 15 is 0 Å². The van der Waals surface area contributed by atoms with Crippen molar-refractivity contribution in [2.75, 3.05) is 0 Å². The monoisotopic (exact) mass is 305 g/mol. The normalized spacial score (nSPS) is 12.3. The van der Waals surface area contributed by atoms with Crippen molar-refractivity contribution in [2.45, 2.75) is 11.4 Å². The quantitative estimate of drug-likeness (QED) is 0.497. The molecule has 106 valence electrons. The summed E-state index contributed by atoms with van der Waals surface area (Å²) in [4.78, 5) is 11.6. The smallest absolute Gasteiger partial charge is 0.385 e. The number of primary sulfonamides is 1. The molecule has 0 amide bonds. The Morgan fingerprint density at radius 3 is 2.32 bits per heavy atom. The van der Waals surface area contributed by atoms with Crippen LogP contribution in [0.1, 0.15) is 0 Å². The van der Waals surface area contributed by atoms with Crippen molar-refractivity contribution in [2.24, 2.45) is 5.14 Å². The van der Waals surface area contributed by atoms with E-state index in [-0.39, 0.29) is 6.07 Å². The summed E-state index contributed by atoms with van der Waals surface area (Å²) in [6, 6.07) is -0.0895. The molecule has 0 saturated carbocycles. The highest BCUT2D eigenvalue weighted by Crippen LogP contribution is 2.29. The van der Waals surface area contributed by atoms with E-state index in [1.165, 1.54) is 0 Å². The number of ether oxygens (including phenoxy) is 1. The Labute approximate surface area is 102 Å². The largest absolute Gasteiger partial charge is 0.574 e. The van der Waals surface area contributed by atoms with Crippen LogP contribution in [0.2, 0.25) is 0 Å². The van der Waals surface area contributed by atoms with Gasteiger partial charge in [-0.2, -0.15) is 4.98 Å². The van der Waals surface area contributed by atoms with Crippen molar-refractivity contribution in [3.8, 4) is 5.88 Å². The molecule has 0 aliphatic heterocycles. The molecular formula is C6H3F4N3O5S. The highest BCUT2D eigenvalue weighted by molar-refractivity contribution is 7.89. The number of nitrogens with zero attached hydrogens (tertiary/aromatic N) is 2. The van der Waals surface area contributed by atoms with Crippen LogP contribution in [0.3, 0.4) is 0 Å². The second-order valence-electron chi connectivity index (χ2n) is 2.95. The lowest BCUT2D eigenvalue weighted by molar-refractivity contribution is -0.388. The van der Waals surface area contributed by atoms with Crippen molar-refractivity contribution in [1.82, 2.24) is 4.98 Å². The van der Waals surface area contributed by atoms with Gasteiger partial charge in [0.05, 0.1) is 11.0 Å². The lowest BCUT2D eigenvalue weighted by Crippen LogP contribution is -2.21. The van der Waals surface area contributed by atoms with E-state index in [4.69, 9.17) is 0 Å². The number of rotatable bonds is 3. The Bertz CT molecular complexity index is 628. The third-order valence-electron chi connectivity index (χ3n) is 1.57. The Kier molecular flexibility index (Phi) is 3.63. The lowest BCUT2D eigenvalue weighted by Gasteiger charge is -2.09. The molecule has 19 heavy (non-hydrogen) atoms.